The molecule has 0 aliphatic carbocycles. The van der Waals surface area contributed by atoms with E-state index in [4.69, 9.17) is 14.6 Å². The summed E-state index contributed by atoms with van der Waals surface area (Å²) in [7, 11) is 0. The van der Waals surface area contributed by atoms with Crippen LogP contribution < -0.4 is 5.32 Å². The number of ether oxygens (including phenoxy) is 2. The molecule has 6 heteroatoms. The summed E-state index contributed by atoms with van der Waals surface area (Å²) < 4.78 is 10.0. The van der Waals surface area contributed by atoms with Crippen LogP contribution in [0, 0.1) is 0 Å². The van der Waals surface area contributed by atoms with Crippen molar-refractivity contribution in [2.24, 2.45) is 0 Å². The molecule has 0 fully saturated rings. The van der Waals surface area contributed by atoms with Gasteiger partial charge in [0.05, 0.1) is 0 Å². The normalized spacial score (nSPS) is 15.5. The maximum atomic E-state index is 11.8. The number of nitrogens with one attached hydrogen (secondary N) is 1. The number of carbonyl (C=O) groups excluding carboxylic acids is 1. The van der Waals surface area contributed by atoms with Gasteiger partial charge in [-0.3, -0.25) is 4.79 Å². The fraction of sp³-hybridized carbons (Fsp3) is 0.231. The van der Waals surface area contributed by atoms with E-state index in [1.807, 2.05) is 0 Å². The lowest BCUT2D eigenvalue weighted by Gasteiger charge is -2.18. The summed E-state index contributed by atoms with van der Waals surface area (Å²) in [5.74, 6) is -1.78. The SMILES string of the molecule is O=C(NC(C(=O)O)c1ccccc1)C1=COCCO1. The minimum absolute atomic E-state index is 0.0200. The smallest absolute Gasteiger partial charge is 0.330 e. The van der Waals surface area contributed by atoms with Crippen LogP contribution in [0.4, 0.5) is 0 Å². The summed E-state index contributed by atoms with van der Waals surface area (Å²) >= 11 is 0. The Morgan fingerprint density at radius 2 is 1.95 bits per heavy atom. The highest BCUT2D eigenvalue weighted by Gasteiger charge is 2.25. The first-order valence-corrected chi connectivity index (χ1v) is 5.71. The summed E-state index contributed by atoms with van der Waals surface area (Å²) in [6, 6.07) is 7.32. The summed E-state index contributed by atoms with van der Waals surface area (Å²) in [5, 5.41) is 11.6. The molecule has 1 amide bonds. The van der Waals surface area contributed by atoms with Gasteiger partial charge in [-0.05, 0) is 5.56 Å². The van der Waals surface area contributed by atoms with Crippen LogP contribution in [0.3, 0.4) is 0 Å². The number of rotatable bonds is 4. The van der Waals surface area contributed by atoms with Crippen molar-refractivity contribution in [3.05, 3.63) is 47.9 Å². The molecule has 6 nitrogen and oxygen atoms in total. The molecule has 100 valence electrons. The zero-order chi connectivity index (χ0) is 13.7. The molecule has 2 N–H and O–H groups in total. The van der Waals surface area contributed by atoms with Crippen LogP contribution in [0.25, 0.3) is 0 Å². The third kappa shape index (κ3) is 3.25. The molecule has 1 aromatic rings. The minimum Gasteiger partial charge on any atom is -0.494 e. The van der Waals surface area contributed by atoms with Gasteiger partial charge in [0.2, 0.25) is 5.76 Å². The Kier molecular flexibility index (Phi) is 4.02. The Labute approximate surface area is 109 Å². The Morgan fingerprint density at radius 3 is 2.53 bits per heavy atom. The lowest BCUT2D eigenvalue weighted by atomic mass is 10.1. The van der Waals surface area contributed by atoms with Crippen LogP contribution in [-0.2, 0) is 19.1 Å². The van der Waals surface area contributed by atoms with Crippen molar-refractivity contribution < 1.29 is 24.2 Å². The average molecular weight is 263 g/mol. The lowest BCUT2D eigenvalue weighted by Crippen LogP contribution is -2.36. The predicted octanol–water partition coefficient (Wildman–Crippen LogP) is 0.817. The quantitative estimate of drug-likeness (QED) is 0.840. The minimum atomic E-state index is -1.14. The fourth-order valence-electron chi connectivity index (χ4n) is 1.62. The molecule has 0 radical (unpaired) electrons. The third-order valence-electron chi connectivity index (χ3n) is 2.53. The van der Waals surface area contributed by atoms with Crippen LogP contribution in [0.5, 0.6) is 0 Å². The molecule has 0 saturated carbocycles. The number of benzene rings is 1. The Morgan fingerprint density at radius 1 is 1.21 bits per heavy atom. The van der Waals surface area contributed by atoms with E-state index in [2.05, 4.69) is 5.32 Å². The molecule has 1 unspecified atom stereocenters. The molecule has 1 atom stereocenters. The van der Waals surface area contributed by atoms with E-state index in [0.29, 0.717) is 12.2 Å². The molecular formula is C13H13NO5. The van der Waals surface area contributed by atoms with E-state index in [1.54, 1.807) is 30.3 Å². The van der Waals surface area contributed by atoms with Gasteiger partial charge in [-0.2, -0.15) is 0 Å². The Balaban J connectivity index is 2.11. The molecule has 0 aromatic heterocycles. The van der Waals surface area contributed by atoms with E-state index in [9.17, 15) is 9.59 Å². The van der Waals surface area contributed by atoms with Crippen LogP contribution >= 0.6 is 0 Å². The third-order valence-corrected chi connectivity index (χ3v) is 2.53. The van der Waals surface area contributed by atoms with Crippen molar-refractivity contribution in [1.82, 2.24) is 5.32 Å². The van der Waals surface area contributed by atoms with Gasteiger partial charge in [0.25, 0.3) is 5.91 Å². The largest absolute Gasteiger partial charge is 0.494 e. The molecule has 0 saturated heterocycles. The summed E-state index contributed by atoms with van der Waals surface area (Å²) in [6.45, 7) is 0.639. The molecule has 1 heterocycles. The van der Waals surface area contributed by atoms with Crippen LogP contribution in [0.2, 0.25) is 0 Å². The molecule has 0 bridgehead atoms. The van der Waals surface area contributed by atoms with E-state index < -0.39 is 17.9 Å². The fourth-order valence-corrected chi connectivity index (χ4v) is 1.62. The first-order valence-electron chi connectivity index (χ1n) is 5.71. The number of carboxylic acids is 1. The topological polar surface area (TPSA) is 84.9 Å². The monoisotopic (exact) mass is 263 g/mol. The van der Waals surface area contributed by atoms with Gasteiger partial charge in [0, 0.05) is 0 Å². The molecule has 1 aromatic carbocycles. The van der Waals surface area contributed by atoms with E-state index in [0.717, 1.165) is 0 Å². The molecule has 1 aliphatic heterocycles. The molecular weight excluding hydrogens is 250 g/mol. The molecule has 0 spiro atoms. The number of hydrogen-bond donors (Lipinski definition) is 2. The number of hydrogen-bond acceptors (Lipinski definition) is 4. The van der Waals surface area contributed by atoms with Crippen molar-refractivity contribution in [2.45, 2.75) is 6.04 Å². The van der Waals surface area contributed by atoms with Crippen LogP contribution in [0.15, 0.2) is 42.4 Å². The summed E-state index contributed by atoms with van der Waals surface area (Å²) in [5.41, 5.74) is 0.487. The van der Waals surface area contributed by atoms with Gasteiger partial charge in [0.15, 0.2) is 6.04 Å². The van der Waals surface area contributed by atoms with Crippen LogP contribution in [-0.4, -0.2) is 30.2 Å². The van der Waals surface area contributed by atoms with E-state index in [-0.39, 0.29) is 12.4 Å². The molecule has 19 heavy (non-hydrogen) atoms. The predicted molar refractivity (Wildman–Crippen MR) is 64.9 cm³/mol. The Hall–Kier alpha value is -2.50. The van der Waals surface area contributed by atoms with Crippen molar-refractivity contribution in [3.8, 4) is 0 Å². The second-order valence-electron chi connectivity index (χ2n) is 3.86. The maximum absolute atomic E-state index is 11.8. The summed E-state index contributed by atoms with van der Waals surface area (Å²) in [4.78, 5) is 23.1. The maximum Gasteiger partial charge on any atom is 0.330 e. The van der Waals surface area contributed by atoms with Crippen LogP contribution in [0.1, 0.15) is 11.6 Å². The number of carbonyl (C=O) groups is 2. The zero-order valence-corrected chi connectivity index (χ0v) is 10.0. The highest BCUT2D eigenvalue weighted by Crippen LogP contribution is 2.14. The standard InChI is InChI=1S/C13H13NO5/c15-12(10-8-18-6-7-19-10)14-11(13(16)17)9-4-2-1-3-5-9/h1-5,8,11H,6-7H2,(H,14,15)(H,16,17). The molecule has 1 aliphatic rings. The van der Waals surface area contributed by atoms with Gasteiger partial charge in [-0.1, -0.05) is 30.3 Å². The van der Waals surface area contributed by atoms with Crippen molar-refractivity contribution >= 4 is 11.9 Å². The highest BCUT2D eigenvalue weighted by molar-refractivity contribution is 5.94. The van der Waals surface area contributed by atoms with E-state index in [1.165, 1.54) is 6.26 Å². The molecule has 2 rings (SSSR count). The van der Waals surface area contributed by atoms with Gasteiger partial charge in [-0.15, -0.1) is 0 Å². The van der Waals surface area contributed by atoms with Gasteiger partial charge < -0.3 is 19.9 Å². The lowest BCUT2D eigenvalue weighted by molar-refractivity contribution is -0.142. The first-order chi connectivity index (χ1) is 9.18. The van der Waals surface area contributed by atoms with E-state index >= 15 is 0 Å². The van der Waals surface area contributed by atoms with Gasteiger partial charge >= 0.3 is 5.97 Å². The first kappa shape index (κ1) is 12.9. The second kappa shape index (κ2) is 5.90. The second-order valence-corrected chi connectivity index (χ2v) is 3.86. The van der Waals surface area contributed by atoms with Gasteiger partial charge in [-0.25, -0.2) is 4.79 Å². The Bertz CT molecular complexity index is 497. The number of carboxylic acid groups (broad SMARTS) is 1. The van der Waals surface area contributed by atoms with Crippen molar-refractivity contribution in [3.63, 3.8) is 0 Å². The number of amides is 1. The van der Waals surface area contributed by atoms with Gasteiger partial charge in [0.1, 0.15) is 19.5 Å². The van der Waals surface area contributed by atoms with Crippen molar-refractivity contribution in [1.29, 1.82) is 0 Å². The van der Waals surface area contributed by atoms with Crippen molar-refractivity contribution in [2.75, 3.05) is 13.2 Å². The highest BCUT2D eigenvalue weighted by atomic mass is 16.6. The summed E-state index contributed by atoms with van der Waals surface area (Å²) in [6.07, 6.45) is 1.18. The zero-order valence-electron chi connectivity index (χ0n) is 10.0. The number of aliphatic carboxylic acids is 1. The average Bonchev–Trinajstić information content (AvgIpc) is 2.46.